The molecule has 1 amide bonds. The van der Waals surface area contributed by atoms with Crippen molar-refractivity contribution in [3.05, 3.63) is 34.4 Å². The number of nitrogens with one attached hydrogen (secondary N) is 1. The highest BCUT2D eigenvalue weighted by Gasteiger charge is 2.24. The Hall–Kier alpha value is -2.11. The van der Waals surface area contributed by atoms with Gasteiger partial charge >= 0.3 is 0 Å². The molecule has 0 spiro atoms. The largest absolute Gasteiger partial charge is 0.372 e. The molecule has 86 valence electrons. The van der Waals surface area contributed by atoms with E-state index in [1.54, 1.807) is 13.8 Å². The van der Waals surface area contributed by atoms with E-state index < -0.39 is 16.4 Å². The Bertz CT molecular complexity index is 412. The molecule has 0 saturated carbocycles. The van der Waals surface area contributed by atoms with E-state index in [2.05, 4.69) is 5.32 Å². The smallest absolute Gasteiger partial charge is 0.269 e. The van der Waals surface area contributed by atoms with Crippen LogP contribution in [0, 0.1) is 10.1 Å². The van der Waals surface area contributed by atoms with Gasteiger partial charge in [-0.15, -0.1) is 0 Å². The van der Waals surface area contributed by atoms with Crippen molar-refractivity contribution in [1.29, 1.82) is 0 Å². The quantitative estimate of drug-likeness (QED) is 0.593. The minimum atomic E-state index is -0.893. The number of primary amides is 1. The molecular weight excluding hydrogens is 210 g/mol. The number of hydrogen-bond donors (Lipinski definition) is 2. The molecule has 0 unspecified atom stereocenters. The SMILES string of the molecule is CC(C)(Nc1ccc([N+](=O)[O-])cc1)C(N)=O. The summed E-state index contributed by atoms with van der Waals surface area (Å²) in [6.07, 6.45) is 0. The van der Waals surface area contributed by atoms with Crippen LogP contribution in [-0.2, 0) is 4.79 Å². The molecular formula is C10H13N3O3. The fourth-order valence-electron chi connectivity index (χ4n) is 1.09. The summed E-state index contributed by atoms with van der Waals surface area (Å²) in [6, 6.07) is 5.78. The highest BCUT2D eigenvalue weighted by molar-refractivity contribution is 5.86. The summed E-state index contributed by atoms with van der Waals surface area (Å²) in [5.41, 5.74) is 4.90. The third-order valence-electron chi connectivity index (χ3n) is 2.15. The maximum atomic E-state index is 11.1. The minimum absolute atomic E-state index is 0.00225. The highest BCUT2D eigenvalue weighted by Crippen LogP contribution is 2.18. The van der Waals surface area contributed by atoms with E-state index >= 15 is 0 Å². The van der Waals surface area contributed by atoms with Gasteiger partial charge in [-0.1, -0.05) is 0 Å². The summed E-state index contributed by atoms with van der Waals surface area (Å²) >= 11 is 0. The Morgan fingerprint density at radius 2 is 1.88 bits per heavy atom. The van der Waals surface area contributed by atoms with E-state index in [-0.39, 0.29) is 5.69 Å². The number of hydrogen-bond acceptors (Lipinski definition) is 4. The van der Waals surface area contributed by atoms with Crippen molar-refractivity contribution >= 4 is 17.3 Å². The third kappa shape index (κ3) is 2.69. The second kappa shape index (κ2) is 4.18. The van der Waals surface area contributed by atoms with Gasteiger partial charge in [-0.25, -0.2) is 0 Å². The van der Waals surface area contributed by atoms with Gasteiger partial charge in [-0.2, -0.15) is 0 Å². The van der Waals surface area contributed by atoms with Gasteiger partial charge in [0.15, 0.2) is 0 Å². The van der Waals surface area contributed by atoms with Crippen LogP contribution in [-0.4, -0.2) is 16.4 Å². The zero-order chi connectivity index (χ0) is 12.3. The van der Waals surface area contributed by atoms with Crippen molar-refractivity contribution in [3.63, 3.8) is 0 Å². The normalized spacial score (nSPS) is 10.9. The average molecular weight is 223 g/mol. The van der Waals surface area contributed by atoms with Gasteiger partial charge in [0.2, 0.25) is 5.91 Å². The molecule has 1 aromatic rings. The summed E-state index contributed by atoms with van der Waals surface area (Å²) in [5.74, 6) is -0.495. The molecule has 0 fully saturated rings. The fourth-order valence-corrected chi connectivity index (χ4v) is 1.09. The summed E-state index contributed by atoms with van der Waals surface area (Å²) < 4.78 is 0. The van der Waals surface area contributed by atoms with Crippen molar-refractivity contribution in [2.45, 2.75) is 19.4 Å². The predicted octanol–water partition coefficient (Wildman–Crippen LogP) is 1.27. The Balaban J connectivity index is 2.84. The minimum Gasteiger partial charge on any atom is -0.372 e. The van der Waals surface area contributed by atoms with Crippen LogP contribution < -0.4 is 11.1 Å². The Kier molecular flexibility index (Phi) is 3.12. The first-order valence-corrected chi connectivity index (χ1v) is 4.65. The Morgan fingerprint density at radius 1 is 1.38 bits per heavy atom. The molecule has 0 aliphatic carbocycles. The van der Waals surface area contributed by atoms with Gasteiger partial charge in [0.25, 0.3) is 5.69 Å². The lowest BCUT2D eigenvalue weighted by atomic mass is 10.0. The second-order valence-corrected chi connectivity index (χ2v) is 3.92. The molecule has 0 heterocycles. The number of nitro benzene ring substituents is 1. The predicted molar refractivity (Wildman–Crippen MR) is 60.0 cm³/mol. The van der Waals surface area contributed by atoms with Crippen molar-refractivity contribution in [2.24, 2.45) is 5.73 Å². The first kappa shape index (κ1) is 12.0. The fraction of sp³-hybridized carbons (Fsp3) is 0.300. The number of nitrogens with zero attached hydrogens (tertiary/aromatic N) is 1. The molecule has 6 nitrogen and oxygen atoms in total. The lowest BCUT2D eigenvalue weighted by molar-refractivity contribution is -0.384. The molecule has 1 rings (SSSR count). The first-order chi connectivity index (χ1) is 7.33. The van der Waals surface area contributed by atoms with E-state index in [1.807, 2.05) is 0 Å². The number of nitro groups is 1. The Morgan fingerprint density at radius 3 is 2.25 bits per heavy atom. The number of amides is 1. The van der Waals surface area contributed by atoms with E-state index in [9.17, 15) is 14.9 Å². The molecule has 0 atom stereocenters. The molecule has 0 aliphatic rings. The Labute approximate surface area is 92.6 Å². The lowest BCUT2D eigenvalue weighted by Crippen LogP contribution is -2.44. The maximum Gasteiger partial charge on any atom is 0.269 e. The number of anilines is 1. The monoisotopic (exact) mass is 223 g/mol. The van der Waals surface area contributed by atoms with Gasteiger partial charge in [0.1, 0.15) is 5.54 Å². The number of carbonyl (C=O) groups excluding carboxylic acids is 1. The molecule has 0 bridgehead atoms. The van der Waals surface area contributed by atoms with Crippen LogP contribution in [0.1, 0.15) is 13.8 Å². The molecule has 6 heteroatoms. The zero-order valence-electron chi connectivity index (χ0n) is 9.06. The number of nitrogens with two attached hydrogens (primary N) is 1. The first-order valence-electron chi connectivity index (χ1n) is 4.65. The standard InChI is InChI=1S/C10H13N3O3/c1-10(2,9(11)14)12-7-3-5-8(6-4-7)13(15)16/h3-6,12H,1-2H3,(H2,11,14). The van der Waals surface area contributed by atoms with Gasteiger partial charge < -0.3 is 11.1 Å². The molecule has 0 radical (unpaired) electrons. The number of rotatable bonds is 4. The molecule has 16 heavy (non-hydrogen) atoms. The molecule has 3 N–H and O–H groups in total. The number of carbonyl (C=O) groups is 1. The van der Waals surface area contributed by atoms with E-state index in [0.717, 1.165) is 0 Å². The van der Waals surface area contributed by atoms with Crippen molar-refractivity contribution in [3.8, 4) is 0 Å². The zero-order valence-corrected chi connectivity index (χ0v) is 9.06. The van der Waals surface area contributed by atoms with Crippen molar-refractivity contribution in [2.75, 3.05) is 5.32 Å². The molecule has 1 aromatic carbocycles. The van der Waals surface area contributed by atoms with E-state index in [0.29, 0.717) is 5.69 Å². The third-order valence-corrected chi connectivity index (χ3v) is 2.15. The van der Waals surface area contributed by atoms with Gasteiger partial charge in [-0.3, -0.25) is 14.9 Å². The van der Waals surface area contributed by atoms with Gasteiger partial charge in [-0.05, 0) is 26.0 Å². The van der Waals surface area contributed by atoms with Crippen LogP contribution in [0.3, 0.4) is 0 Å². The maximum absolute atomic E-state index is 11.1. The van der Waals surface area contributed by atoms with Crippen LogP contribution >= 0.6 is 0 Å². The second-order valence-electron chi connectivity index (χ2n) is 3.92. The lowest BCUT2D eigenvalue weighted by Gasteiger charge is -2.23. The van der Waals surface area contributed by atoms with Crippen molar-refractivity contribution < 1.29 is 9.72 Å². The van der Waals surface area contributed by atoms with Gasteiger partial charge in [0.05, 0.1) is 4.92 Å². The van der Waals surface area contributed by atoms with E-state index in [1.165, 1.54) is 24.3 Å². The number of non-ortho nitro benzene ring substituents is 1. The molecule has 0 saturated heterocycles. The van der Waals surface area contributed by atoms with Crippen LogP contribution in [0.25, 0.3) is 0 Å². The number of benzene rings is 1. The topological polar surface area (TPSA) is 98.3 Å². The average Bonchev–Trinajstić information content (AvgIpc) is 2.17. The summed E-state index contributed by atoms with van der Waals surface area (Å²) in [4.78, 5) is 21.0. The molecule has 0 aliphatic heterocycles. The molecule has 0 aromatic heterocycles. The van der Waals surface area contributed by atoms with Crippen LogP contribution in [0.2, 0.25) is 0 Å². The van der Waals surface area contributed by atoms with Gasteiger partial charge in [0, 0.05) is 17.8 Å². The summed E-state index contributed by atoms with van der Waals surface area (Å²) in [5, 5.41) is 13.3. The van der Waals surface area contributed by atoms with Crippen LogP contribution in [0.15, 0.2) is 24.3 Å². The summed E-state index contributed by atoms with van der Waals surface area (Å²) in [7, 11) is 0. The van der Waals surface area contributed by atoms with Crippen LogP contribution in [0.5, 0.6) is 0 Å². The van der Waals surface area contributed by atoms with Crippen molar-refractivity contribution in [1.82, 2.24) is 0 Å². The highest BCUT2D eigenvalue weighted by atomic mass is 16.6. The van der Waals surface area contributed by atoms with E-state index in [4.69, 9.17) is 5.73 Å². The van der Waals surface area contributed by atoms with Crippen LogP contribution in [0.4, 0.5) is 11.4 Å². The summed E-state index contributed by atoms with van der Waals surface area (Å²) in [6.45, 7) is 3.27.